The molecule has 0 bridgehead atoms. The van der Waals surface area contributed by atoms with Crippen LogP contribution in [0.1, 0.15) is 17.0 Å². The molecule has 0 aromatic carbocycles. The van der Waals surface area contributed by atoms with Crippen molar-refractivity contribution in [3.63, 3.8) is 0 Å². The van der Waals surface area contributed by atoms with E-state index in [1.54, 1.807) is 51.5 Å². The van der Waals surface area contributed by atoms with Crippen LogP contribution in [0.3, 0.4) is 0 Å². The van der Waals surface area contributed by atoms with E-state index in [1.807, 2.05) is 12.1 Å². The van der Waals surface area contributed by atoms with E-state index in [2.05, 4.69) is 15.2 Å². The SMILES string of the molecule is Cc1nn(C)c(C(OS(C)(=O)=O)=C(C#N)n2ccc(-c3ccccn3)n2)c1C. The highest BCUT2D eigenvalue weighted by atomic mass is 32.2. The first-order chi connectivity index (χ1) is 13.2. The first-order valence-electron chi connectivity index (χ1n) is 8.23. The van der Waals surface area contributed by atoms with Crippen molar-refractivity contribution in [3.8, 4) is 17.5 Å². The van der Waals surface area contributed by atoms with Crippen LogP contribution < -0.4 is 0 Å². The lowest BCUT2D eigenvalue weighted by molar-refractivity contribution is 0.465. The molecule has 0 amide bonds. The second-order valence-electron chi connectivity index (χ2n) is 6.12. The van der Waals surface area contributed by atoms with Gasteiger partial charge in [-0.3, -0.25) is 9.67 Å². The van der Waals surface area contributed by atoms with Gasteiger partial charge < -0.3 is 4.18 Å². The van der Waals surface area contributed by atoms with Crippen LogP contribution in [0.4, 0.5) is 0 Å². The molecule has 0 saturated carbocycles. The van der Waals surface area contributed by atoms with Gasteiger partial charge in [-0.05, 0) is 32.0 Å². The zero-order valence-corrected chi connectivity index (χ0v) is 16.6. The summed E-state index contributed by atoms with van der Waals surface area (Å²) in [5.74, 6) is -0.138. The Morgan fingerprint density at radius 1 is 1.18 bits per heavy atom. The van der Waals surface area contributed by atoms with Crippen LogP contribution in [0, 0.1) is 25.2 Å². The Hall–Kier alpha value is -3.45. The Balaban J connectivity index is 2.23. The minimum atomic E-state index is -3.91. The van der Waals surface area contributed by atoms with Gasteiger partial charge in [-0.25, -0.2) is 4.68 Å². The van der Waals surface area contributed by atoms with Crippen molar-refractivity contribution < 1.29 is 12.6 Å². The average molecular weight is 398 g/mol. The van der Waals surface area contributed by atoms with Crippen molar-refractivity contribution in [2.75, 3.05) is 6.26 Å². The zero-order valence-electron chi connectivity index (χ0n) is 15.8. The van der Waals surface area contributed by atoms with Gasteiger partial charge >= 0.3 is 10.1 Å². The molecule has 0 N–H and O–H groups in total. The lowest BCUT2D eigenvalue weighted by Gasteiger charge is -2.12. The summed E-state index contributed by atoms with van der Waals surface area (Å²) in [6.07, 6.45) is 4.10. The molecule has 9 nitrogen and oxygen atoms in total. The maximum Gasteiger partial charge on any atom is 0.306 e. The lowest BCUT2D eigenvalue weighted by atomic mass is 10.1. The maximum atomic E-state index is 11.9. The second-order valence-corrected chi connectivity index (χ2v) is 7.70. The molecule has 10 heteroatoms. The van der Waals surface area contributed by atoms with E-state index in [4.69, 9.17) is 4.18 Å². The molecule has 3 aromatic heterocycles. The third kappa shape index (κ3) is 3.79. The monoisotopic (exact) mass is 398 g/mol. The molecule has 0 fully saturated rings. The van der Waals surface area contributed by atoms with E-state index in [-0.39, 0.29) is 11.5 Å². The first-order valence-corrected chi connectivity index (χ1v) is 10.0. The molecule has 0 radical (unpaired) electrons. The Kier molecular flexibility index (Phi) is 5.02. The van der Waals surface area contributed by atoms with Crippen molar-refractivity contribution in [2.24, 2.45) is 7.05 Å². The predicted octanol–water partition coefficient (Wildman–Crippen LogP) is 2.12. The topological polar surface area (TPSA) is 116 Å². The molecular formula is C18H18N6O3S. The quantitative estimate of drug-likeness (QED) is 0.367. The van der Waals surface area contributed by atoms with Gasteiger partial charge in [0, 0.05) is 25.0 Å². The summed E-state index contributed by atoms with van der Waals surface area (Å²) in [5, 5.41) is 18.4. The molecular weight excluding hydrogens is 380 g/mol. The smallest absolute Gasteiger partial charge is 0.306 e. The molecule has 0 unspecified atom stereocenters. The van der Waals surface area contributed by atoms with Gasteiger partial charge in [0.2, 0.25) is 5.76 Å². The molecule has 0 aliphatic heterocycles. The third-order valence-corrected chi connectivity index (χ3v) is 4.51. The fourth-order valence-corrected chi connectivity index (χ4v) is 3.19. The summed E-state index contributed by atoms with van der Waals surface area (Å²) >= 11 is 0. The number of aryl methyl sites for hydroxylation is 2. The first kappa shape index (κ1) is 19.3. The number of nitrogens with zero attached hydrogens (tertiary/aromatic N) is 6. The Bertz CT molecular complexity index is 1200. The molecule has 0 aliphatic carbocycles. The van der Waals surface area contributed by atoms with Crippen LogP contribution in [-0.4, -0.2) is 39.2 Å². The van der Waals surface area contributed by atoms with Gasteiger partial charge in [0.05, 0.1) is 17.6 Å². The maximum absolute atomic E-state index is 11.9. The Morgan fingerprint density at radius 2 is 1.93 bits per heavy atom. The third-order valence-electron chi connectivity index (χ3n) is 4.04. The number of nitriles is 1. The van der Waals surface area contributed by atoms with Crippen molar-refractivity contribution >= 4 is 21.6 Å². The van der Waals surface area contributed by atoms with Crippen molar-refractivity contribution in [3.05, 3.63) is 53.6 Å². The van der Waals surface area contributed by atoms with E-state index in [1.165, 1.54) is 9.36 Å². The standard InChI is InChI=1S/C18H18N6O3S/c1-12-13(2)21-23(3)17(12)18(27-28(4,25)26)16(11-19)24-10-8-15(22-24)14-7-5-6-9-20-14/h5-10H,1-4H3. The molecule has 3 aromatic rings. The number of allylic oxidation sites excluding steroid dienone is 1. The van der Waals surface area contributed by atoms with Gasteiger partial charge in [-0.2, -0.15) is 23.9 Å². The Morgan fingerprint density at radius 3 is 2.46 bits per heavy atom. The molecule has 0 spiro atoms. The Labute approximate surface area is 162 Å². The second kappa shape index (κ2) is 7.28. The summed E-state index contributed by atoms with van der Waals surface area (Å²) in [6, 6.07) is 9.07. The molecule has 28 heavy (non-hydrogen) atoms. The summed E-state index contributed by atoms with van der Waals surface area (Å²) in [6.45, 7) is 3.57. The molecule has 0 saturated heterocycles. The van der Waals surface area contributed by atoms with Crippen molar-refractivity contribution in [2.45, 2.75) is 13.8 Å². The molecule has 3 heterocycles. The van der Waals surface area contributed by atoms with Gasteiger partial charge in [-0.1, -0.05) is 6.07 Å². The zero-order chi connectivity index (χ0) is 20.5. The summed E-state index contributed by atoms with van der Waals surface area (Å²) in [5.41, 5.74) is 2.85. The summed E-state index contributed by atoms with van der Waals surface area (Å²) < 4.78 is 31.7. The lowest BCUT2D eigenvalue weighted by Crippen LogP contribution is -2.11. The molecule has 3 rings (SSSR count). The molecule has 144 valence electrons. The number of aromatic nitrogens is 5. The van der Waals surface area contributed by atoms with Crippen molar-refractivity contribution in [1.82, 2.24) is 24.5 Å². The van der Waals surface area contributed by atoms with Crippen LogP contribution in [0.15, 0.2) is 36.7 Å². The van der Waals surface area contributed by atoms with E-state index < -0.39 is 10.1 Å². The highest BCUT2D eigenvalue weighted by Gasteiger charge is 2.25. The largest absolute Gasteiger partial charge is 0.377 e. The van der Waals surface area contributed by atoms with Crippen LogP contribution in [-0.2, 0) is 21.3 Å². The van der Waals surface area contributed by atoms with E-state index >= 15 is 0 Å². The van der Waals surface area contributed by atoms with Crippen LogP contribution in [0.5, 0.6) is 0 Å². The average Bonchev–Trinajstić information content (AvgIpc) is 3.20. The fourth-order valence-electron chi connectivity index (χ4n) is 2.73. The number of hydrogen-bond acceptors (Lipinski definition) is 7. The number of rotatable bonds is 5. The summed E-state index contributed by atoms with van der Waals surface area (Å²) in [4.78, 5) is 4.23. The number of pyridine rings is 1. The van der Waals surface area contributed by atoms with E-state index in [0.717, 1.165) is 6.26 Å². The normalized spacial score (nSPS) is 12.4. The van der Waals surface area contributed by atoms with E-state index in [0.29, 0.717) is 28.3 Å². The van der Waals surface area contributed by atoms with Gasteiger partial charge in [0.25, 0.3) is 0 Å². The van der Waals surface area contributed by atoms with E-state index in [9.17, 15) is 13.7 Å². The van der Waals surface area contributed by atoms with Crippen LogP contribution >= 0.6 is 0 Å². The van der Waals surface area contributed by atoms with Gasteiger partial charge in [0.15, 0.2) is 5.70 Å². The minimum absolute atomic E-state index is 0.0845. The summed E-state index contributed by atoms with van der Waals surface area (Å²) in [7, 11) is -2.26. The highest BCUT2D eigenvalue weighted by molar-refractivity contribution is 7.86. The van der Waals surface area contributed by atoms with Crippen LogP contribution in [0.25, 0.3) is 22.8 Å². The fraction of sp³-hybridized carbons (Fsp3) is 0.222. The van der Waals surface area contributed by atoms with Gasteiger partial charge in [-0.15, -0.1) is 0 Å². The van der Waals surface area contributed by atoms with Crippen molar-refractivity contribution in [1.29, 1.82) is 5.26 Å². The molecule has 0 aliphatic rings. The van der Waals surface area contributed by atoms with Gasteiger partial charge in [0.1, 0.15) is 17.5 Å². The molecule has 0 atom stereocenters. The number of hydrogen-bond donors (Lipinski definition) is 0. The minimum Gasteiger partial charge on any atom is -0.377 e. The van der Waals surface area contributed by atoms with Crippen LogP contribution in [0.2, 0.25) is 0 Å². The predicted molar refractivity (Wildman–Crippen MR) is 103 cm³/mol. The highest BCUT2D eigenvalue weighted by Crippen LogP contribution is 2.29.